The molecule has 1 aliphatic rings. The molecule has 0 aromatic carbocycles. The van der Waals surface area contributed by atoms with Crippen molar-refractivity contribution < 1.29 is 4.74 Å². The fourth-order valence-corrected chi connectivity index (χ4v) is 0.922. The van der Waals surface area contributed by atoms with Crippen LogP contribution in [0.15, 0.2) is 35.6 Å². The highest BCUT2D eigenvalue weighted by Crippen LogP contribution is 2.10. The number of nitrogens with zero attached hydrogens (tertiary/aromatic N) is 1. The molecule has 0 aliphatic heterocycles. The molecular weight excluding hydrogens is 152 g/mol. The average molecular weight is 162 g/mol. The first-order valence-corrected chi connectivity index (χ1v) is 3.69. The highest BCUT2D eigenvalue weighted by molar-refractivity contribution is 5.28. The monoisotopic (exact) mass is 162 g/mol. The smallest absolute Gasteiger partial charge is 0.292 e. The molecule has 0 fully saturated rings. The zero-order valence-electron chi connectivity index (χ0n) is 6.66. The second-order valence-electron chi connectivity index (χ2n) is 2.40. The van der Waals surface area contributed by atoms with Crippen molar-refractivity contribution in [2.75, 3.05) is 6.54 Å². The summed E-state index contributed by atoms with van der Waals surface area (Å²) in [7, 11) is 0. The molecule has 0 aromatic heterocycles. The number of hydrogen-bond donors (Lipinski definition) is 1. The Balaban J connectivity index is 2.72. The van der Waals surface area contributed by atoms with Crippen LogP contribution < -0.4 is 5.73 Å². The predicted octanol–water partition coefficient (Wildman–Crippen LogP) is 1.21. The average Bonchev–Trinajstić information content (AvgIpc) is 2.31. The lowest BCUT2D eigenvalue weighted by molar-refractivity contribution is 0.393. The Morgan fingerprint density at radius 2 is 2.42 bits per heavy atom. The fourth-order valence-electron chi connectivity index (χ4n) is 0.922. The van der Waals surface area contributed by atoms with Crippen LogP contribution in [-0.4, -0.2) is 6.54 Å². The van der Waals surface area contributed by atoms with Gasteiger partial charge in [-0.1, -0.05) is 17.7 Å². The standard InChI is InChI=1S/C9H10N2O/c10-6-8-2-1-3-9(5-4-8)12-7-11/h1,3-5H,2,6,10H2. The summed E-state index contributed by atoms with van der Waals surface area (Å²) in [6.07, 6.45) is 9.76. The van der Waals surface area contributed by atoms with E-state index in [2.05, 4.69) is 4.74 Å². The van der Waals surface area contributed by atoms with E-state index in [1.165, 1.54) is 0 Å². The Morgan fingerprint density at radius 3 is 3.08 bits per heavy atom. The van der Waals surface area contributed by atoms with Gasteiger partial charge in [-0.25, -0.2) is 0 Å². The molecule has 1 rings (SSSR count). The first kappa shape index (κ1) is 8.57. The summed E-state index contributed by atoms with van der Waals surface area (Å²) in [5.41, 5.74) is 6.58. The van der Waals surface area contributed by atoms with Crippen LogP contribution in [0.25, 0.3) is 0 Å². The van der Waals surface area contributed by atoms with Crippen molar-refractivity contribution in [1.29, 1.82) is 5.26 Å². The number of nitriles is 1. The fraction of sp³-hybridized carbons (Fsp3) is 0.222. The Kier molecular flexibility index (Phi) is 3.12. The van der Waals surface area contributed by atoms with E-state index < -0.39 is 0 Å². The lowest BCUT2D eigenvalue weighted by Crippen LogP contribution is -2.01. The van der Waals surface area contributed by atoms with Crippen molar-refractivity contribution in [2.45, 2.75) is 6.42 Å². The van der Waals surface area contributed by atoms with Crippen molar-refractivity contribution in [3.05, 3.63) is 35.6 Å². The van der Waals surface area contributed by atoms with Gasteiger partial charge in [0.25, 0.3) is 6.26 Å². The molecule has 2 N–H and O–H groups in total. The molecule has 3 heteroatoms. The van der Waals surface area contributed by atoms with Crippen LogP contribution in [0.5, 0.6) is 0 Å². The van der Waals surface area contributed by atoms with Gasteiger partial charge in [0.1, 0.15) is 5.76 Å². The summed E-state index contributed by atoms with van der Waals surface area (Å²) in [5.74, 6) is 0.556. The molecule has 0 radical (unpaired) electrons. The van der Waals surface area contributed by atoms with E-state index in [9.17, 15) is 0 Å². The topological polar surface area (TPSA) is 59.0 Å². The second-order valence-corrected chi connectivity index (χ2v) is 2.40. The Hall–Kier alpha value is -1.53. The molecule has 0 saturated heterocycles. The summed E-state index contributed by atoms with van der Waals surface area (Å²) in [5, 5.41) is 8.24. The minimum Gasteiger partial charge on any atom is -0.388 e. The molecule has 0 aromatic rings. The number of allylic oxidation sites excluding steroid dienone is 4. The number of nitrogens with two attached hydrogens (primary N) is 1. The molecule has 0 bridgehead atoms. The normalized spacial score (nSPS) is 15.7. The summed E-state index contributed by atoms with van der Waals surface area (Å²) in [6, 6.07) is 0. The Labute approximate surface area is 71.4 Å². The Morgan fingerprint density at radius 1 is 1.58 bits per heavy atom. The van der Waals surface area contributed by atoms with E-state index in [4.69, 9.17) is 11.0 Å². The number of ether oxygens (including phenoxy) is 1. The van der Waals surface area contributed by atoms with E-state index in [1.54, 1.807) is 18.4 Å². The van der Waals surface area contributed by atoms with E-state index in [-0.39, 0.29) is 0 Å². The Bertz CT molecular complexity index is 281. The number of rotatable bonds is 2. The van der Waals surface area contributed by atoms with Gasteiger partial charge in [-0.2, -0.15) is 0 Å². The summed E-state index contributed by atoms with van der Waals surface area (Å²) in [6.45, 7) is 0.542. The van der Waals surface area contributed by atoms with Gasteiger partial charge in [-0.3, -0.25) is 0 Å². The van der Waals surface area contributed by atoms with Crippen molar-refractivity contribution >= 4 is 0 Å². The van der Waals surface area contributed by atoms with Crippen molar-refractivity contribution in [3.8, 4) is 6.26 Å². The van der Waals surface area contributed by atoms with Crippen LogP contribution >= 0.6 is 0 Å². The lowest BCUT2D eigenvalue weighted by atomic mass is 10.2. The molecule has 0 amide bonds. The minimum atomic E-state index is 0.542. The molecule has 0 heterocycles. The van der Waals surface area contributed by atoms with Crippen molar-refractivity contribution in [1.82, 2.24) is 0 Å². The molecule has 12 heavy (non-hydrogen) atoms. The third-order valence-corrected chi connectivity index (χ3v) is 1.57. The summed E-state index contributed by atoms with van der Waals surface area (Å²) < 4.78 is 4.65. The molecule has 62 valence electrons. The van der Waals surface area contributed by atoms with E-state index in [1.807, 2.05) is 12.2 Å². The maximum Gasteiger partial charge on any atom is 0.292 e. The molecule has 0 spiro atoms. The largest absolute Gasteiger partial charge is 0.388 e. The summed E-state index contributed by atoms with van der Waals surface area (Å²) in [4.78, 5) is 0. The van der Waals surface area contributed by atoms with E-state index in [0.29, 0.717) is 12.3 Å². The zero-order chi connectivity index (χ0) is 8.81. The highest BCUT2D eigenvalue weighted by atomic mass is 16.5. The maximum absolute atomic E-state index is 8.24. The zero-order valence-corrected chi connectivity index (χ0v) is 6.66. The van der Waals surface area contributed by atoms with Gasteiger partial charge in [0.05, 0.1) is 0 Å². The third-order valence-electron chi connectivity index (χ3n) is 1.57. The van der Waals surface area contributed by atoms with Crippen LogP contribution in [0, 0.1) is 11.5 Å². The maximum atomic E-state index is 8.24. The highest BCUT2D eigenvalue weighted by Gasteiger charge is 1.97. The van der Waals surface area contributed by atoms with Crippen LogP contribution in [0.2, 0.25) is 0 Å². The van der Waals surface area contributed by atoms with Gasteiger partial charge in [0.15, 0.2) is 0 Å². The van der Waals surface area contributed by atoms with Gasteiger partial charge in [-0.15, -0.1) is 5.26 Å². The van der Waals surface area contributed by atoms with Crippen LogP contribution in [-0.2, 0) is 4.74 Å². The second kappa shape index (κ2) is 4.37. The van der Waals surface area contributed by atoms with Crippen molar-refractivity contribution in [2.24, 2.45) is 5.73 Å². The SMILES string of the molecule is N#COC1=CC=C(CN)CC=C1. The predicted molar refractivity (Wildman–Crippen MR) is 45.7 cm³/mol. The lowest BCUT2D eigenvalue weighted by Gasteiger charge is -1.94. The molecule has 0 unspecified atom stereocenters. The van der Waals surface area contributed by atoms with Crippen molar-refractivity contribution in [3.63, 3.8) is 0 Å². The quantitative estimate of drug-likeness (QED) is 0.621. The minimum absolute atomic E-state index is 0.542. The molecule has 1 aliphatic carbocycles. The molecular formula is C9H10N2O. The van der Waals surface area contributed by atoms with E-state index in [0.717, 1.165) is 12.0 Å². The third kappa shape index (κ3) is 2.26. The van der Waals surface area contributed by atoms with Gasteiger partial charge >= 0.3 is 0 Å². The van der Waals surface area contributed by atoms with Crippen LogP contribution in [0.4, 0.5) is 0 Å². The van der Waals surface area contributed by atoms with Gasteiger partial charge < -0.3 is 10.5 Å². The molecule has 0 atom stereocenters. The van der Waals surface area contributed by atoms with Gasteiger partial charge in [0.2, 0.25) is 0 Å². The number of hydrogen-bond acceptors (Lipinski definition) is 3. The first-order valence-electron chi connectivity index (χ1n) is 3.69. The van der Waals surface area contributed by atoms with Crippen LogP contribution in [0.3, 0.4) is 0 Å². The van der Waals surface area contributed by atoms with Crippen LogP contribution in [0.1, 0.15) is 6.42 Å². The molecule has 0 saturated carbocycles. The molecule has 3 nitrogen and oxygen atoms in total. The first-order chi connectivity index (χ1) is 5.86. The van der Waals surface area contributed by atoms with Gasteiger partial charge in [-0.05, 0) is 18.6 Å². The van der Waals surface area contributed by atoms with Gasteiger partial charge in [0, 0.05) is 6.54 Å². The summed E-state index contributed by atoms with van der Waals surface area (Å²) >= 11 is 0. The van der Waals surface area contributed by atoms with E-state index >= 15 is 0 Å².